The summed E-state index contributed by atoms with van der Waals surface area (Å²) >= 11 is 0. The highest BCUT2D eigenvalue weighted by molar-refractivity contribution is 5.78. The number of benzene rings is 2. The molecule has 1 atom stereocenters. The number of amides is 1. The summed E-state index contributed by atoms with van der Waals surface area (Å²) in [5.41, 5.74) is 3.26. The van der Waals surface area contributed by atoms with E-state index in [-0.39, 0.29) is 12.0 Å². The van der Waals surface area contributed by atoms with Gasteiger partial charge in [0.05, 0.1) is 6.42 Å². The Morgan fingerprint density at radius 3 is 2.72 bits per heavy atom. The van der Waals surface area contributed by atoms with E-state index in [1.807, 2.05) is 48.5 Å². The zero-order valence-corrected chi connectivity index (χ0v) is 16.3. The second-order valence-electron chi connectivity index (χ2n) is 7.25. The topological polar surface area (TPSA) is 54.5 Å². The lowest BCUT2D eigenvalue weighted by Crippen LogP contribution is -2.37. The van der Waals surface area contributed by atoms with Gasteiger partial charge in [0.25, 0.3) is 0 Å². The predicted molar refractivity (Wildman–Crippen MR) is 112 cm³/mol. The summed E-state index contributed by atoms with van der Waals surface area (Å²) in [4.78, 5) is 18.6. The van der Waals surface area contributed by atoms with Crippen LogP contribution in [0.5, 0.6) is 5.75 Å². The summed E-state index contributed by atoms with van der Waals surface area (Å²) in [6.07, 6.45) is 3.76. The van der Waals surface area contributed by atoms with Crippen LogP contribution in [0, 0.1) is 0 Å². The first kappa shape index (κ1) is 19.2. The average molecular weight is 387 g/mol. The predicted octanol–water partition coefficient (Wildman–Crippen LogP) is 3.38. The maximum absolute atomic E-state index is 12.2. The van der Waals surface area contributed by atoms with Gasteiger partial charge in [0.1, 0.15) is 11.9 Å². The Morgan fingerprint density at radius 2 is 1.90 bits per heavy atom. The number of aromatic nitrogens is 1. The molecule has 29 heavy (non-hydrogen) atoms. The molecule has 0 saturated carbocycles. The molecule has 1 aliphatic heterocycles. The van der Waals surface area contributed by atoms with E-state index in [2.05, 4.69) is 33.4 Å². The van der Waals surface area contributed by atoms with Crippen LogP contribution in [-0.2, 0) is 17.8 Å². The standard InChI is InChI=1S/C24H25N3O2/c28-24(15-19-7-6-12-25-16-19)26-13-14-27-17-21-10-4-5-11-22(21)29-23(18-27)20-8-2-1-3-9-20/h1-12,16,23H,13-15,17-18H2,(H,26,28). The first-order chi connectivity index (χ1) is 14.3. The van der Waals surface area contributed by atoms with Crippen molar-refractivity contribution in [1.82, 2.24) is 15.2 Å². The molecule has 0 bridgehead atoms. The zero-order valence-electron chi connectivity index (χ0n) is 16.3. The van der Waals surface area contributed by atoms with Crippen molar-refractivity contribution >= 4 is 5.91 Å². The van der Waals surface area contributed by atoms with Crippen LogP contribution in [0.15, 0.2) is 79.1 Å². The average Bonchev–Trinajstić information content (AvgIpc) is 2.94. The number of fused-ring (bicyclic) bond motifs is 1. The first-order valence-corrected chi connectivity index (χ1v) is 9.95. The Morgan fingerprint density at radius 1 is 1.07 bits per heavy atom. The van der Waals surface area contributed by atoms with Gasteiger partial charge in [-0.05, 0) is 23.3 Å². The molecule has 1 aromatic heterocycles. The molecule has 0 spiro atoms. The number of carbonyl (C=O) groups excluding carboxylic acids is 1. The van der Waals surface area contributed by atoms with E-state index in [4.69, 9.17) is 4.74 Å². The largest absolute Gasteiger partial charge is 0.484 e. The van der Waals surface area contributed by atoms with Crippen LogP contribution in [0.3, 0.4) is 0 Å². The summed E-state index contributed by atoms with van der Waals surface area (Å²) in [7, 11) is 0. The minimum absolute atomic E-state index is 0.0177. The van der Waals surface area contributed by atoms with Crippen LogP contribution in [0.4, 0.5) is 0 Å². The number of hydrogen-bond acceptors (Lipinski definition) is 4. The second kappa shape index (κ2) is 9.34. The summed E-state index contributed by atoms with van der Waals surface area (Å²) in [5, 5.41) is 3.03. The number of para-hydroxylation sites is 1. The summed E-state index contributed by atoms with van der Waals surface area (Å²) in [6.45, 7) is 2.94. The van der Waals surface area contributed by atoms with E-state index in [1.165, 1.54) is 5.56 Å². The maximum atomic E-state index is 12.2. The lowest BCUT2D eigenvalue weighted by molar-refractivity contribution is -0.120. The highest BCUT2D eigenvalue weighted by atomic mass is 16.5. The van der Waals surface area contributed by atoms with E-state index in [0.717, 1.165) is 36.5 Å². The summed E-state index contributed by atoms with van der Waals surface area (Å²) in [6, 6.07) is 22.3. The number of hydrogen-bond donors (Lipinski definition) is 1. The van der Waals surface area contributed by atoms with Gasteiger partial charge in [0.15, 0.2) is 0 Å². The monoisotopic (exact) mass is 387 g/mol. The van der Waals surface area contributed by atoms with E-state index in [0.29, 0.717) is 13.0 Å². The third kappa shape index (κ3) is 5.21. The molecule has 5 nitrogen and oxygen atoms in total. The molecule has 2 aromatic carbocycles. The number of pyridine rings is 1. The molecule has 2 heterocycles. The number of rotatable bonds is 6. The van der Waals surface area contributed by atoms with Crippen molar-refractivity contribution in [2.24, 2.45) is 0 Å². The molecule has 0 saturated heterocycles. The van der Waals surface area contributed by atoms with Gasteiger partial charge in [-0.1, -0.05) is 54.6 Å². The van der Waals surface area contributed by atoms with Gasteiger partial charge in [-0.3, -0.25) is 14.7 Å². The van der Waals surface area contributed by atoms with Gasteiger partial charge < -0.3 is 10.1 Å². The second-order valence-corrected chi connectivity index (χ2v) is 7.25. The number of ether oxygens (including phenoxy) is 1. The van der Waals surface area contributed by atoms with Gasteiger partial charge in [-0.2, -0.15) is 0 Å². The van der Waals surface area contributed by atoms with E-state index >= 15 is 0 Å². The molecule has 4 rings (SSSR count). The van der Waals surface area contributed by atoms with Crippen LogP contribution in [-0.4, -0.2) is 35.4 Å². The van der Waals surface area contributed by atoms with Crippen molar-refractivity contribution in [2.75, 3.05) is 19.6 Å². The van der Waals surface area contributed by atoms with Crippen molar-refractivity contribution in [3.8, 4) is 5.75 Å². The third-order valence-electron chi connectivity index (χ3n) is 5.07. The zero-order chi connectivity index (χ0) is 19.9. The molecule has 1 unspecified atom stereocenters. The fourth-order valence-corrected chi connectivity index (χ4v) is 3.60. The molecular weight excluding hydrogens is 362 g/mol. The summed E-state index contributed by atoms with van der Waals surface area (Å²) in [5.74, 6) is 0.952. The molecule has 5 heteroatoms. The SMILES string of the molecule is O=C(Cc1cccnc1)NCCN1Cc2ccccc2OC(c2ccccc2)C1. The molecule has 148 valence electrons. The molecule has 0 radical (unpaired) electrons. The van der Waals surface area contributed by atoms with Gasteiger partial charge in [-0.25, -0.2) is 0 Å². The van der Waals surface area contributed by atoms with Crippen molar-refractivity contribution in [1.29, 1.82) is 0 Å². The van der Waals surface area contributed by atoms with Gasteiger partial charge >= 0.3 is 0 Å². The van der Waals surface area contributed by atoms with Crippen molar-refractivity contribution in [3.05, 3.63) is 95.8 Å². The molecular formula is C24H25N3O2. The fraction of sp³-hybridized carbons (Fsp3) is 0.250. The Labute approximate surface area is 171 Å². The van der Waals surface area contributed by atoms with Crippen LogP contribution in [0.25, 0.3) is 0 Å². The van der Waals surface area contributed by atoms with Gasteiger partial charge in [-0.15, -0.1) is 0 Å². The van der Waals surface area contributed by atoms with E-state index < -0.39 is 0 Å². The lowest BCUT2D eigenvalue weighted by atomic mass is 10.1. The highest BCUT2D eigenvalue weighted by Gasteiger charge is 2.23. The Balaban J connectivity index is 1.39. The van der Waals surface area contributed by atoms with Crippen molar-refractivity contribution < 1.29 is 9.53 Å². The highest BCUT2D eigenvalue weighted by Crippen LogP contribution is 2.30. The third-order valence-corrected chi connectivity index (χ3v) is 5.07. The normalized spacial score (nSPS) is 16.3. The Hall–Kier alpha value is -3.18. The van der Waals surface area contributed by atoms with Crippen LogP contribution < -0.4 is 10.1 Å². The molecule has 0 fully saturated rings. The minimum atomic E-state index is -0.0362. The molecule has 1 aliphatic rings. The molecule has 1 amide bonds. The maximum Gasteiger partial charge on any atom is 0.224 e. The van der Waals surface area contributed by atoms with Crippen LogP contribution in [0.1, 0.15) is 22.8 Å². The lowest BCUT2D eigenvalue weighted by Gasteiger charge is -2.24. The summed E-state index contributed by atoms with van der Waals surface area (Å²) < 4.78 is 6.34. The van der Waals surface area contributed by atoms with Gasteiger partial charge in [0.2, 0.25) is 5.91 Å². The van der Waals surface area contributed by atoms with Gasteiger partial charge in [0, 0.05) is 44.1 Å². The van der Waals surface area contributed by atoms with E-state index in [9.17, 15) is 4.79 Å². The molecule has 3 aromatic rings. The Kier molecular flexibility index (Phi) is 6.17. The Bertz CT molecular complexity index is 931. The number of nitrogens with zero attached hydrogens (tertiary/aromatic N) is 2. The van der Waals surface area contributed by atoms with Crippen molar-refractivity contribution in [2.45, 2.75) is 19.1 Å². The fourth-order valence-electron chi connectivity index (χ4n) is 3.60. The number of carbonyl (C=O) groups is 1. The van der Waals surface area contributed by atoms with E-state index in [1.54, 1.807) is 12.4 Å². The number of nitrogens with one attached hydrogen (secondary N) is 1. The molecule has 0 aliphatic carbocycles. The molecule has 1 N–H and O–H groups in total. The minimum Gasteiger partial charge on any atom is -0.484 e. The quantitative estimate of drug-likeness (QED) is 0.705. The van der Waals surface area contributed by atoms with Crippen molar-refractivity contribution in [3.63, 3.8) is 0 Å². The smallest absolute Gasteiger partial charge is 0.224 e. The van der Waals surface area contributed by atoms with Crippen LogP contribution in [0.2, 0.25) is 0 Å². The van der Waals surface area contributed by atoms with Crippen LogP contribution >= 0.6 is 0 Å². The first-order valence-electron chi connectivity index (χ1n) is 9.95.